The Bertz CT molecular complexity index is 497. The van der Waals surface area contributed by atoms with Crippen LogP contribution in [0.1, 0.15) is 29.3 Å². The Morgan fingerprint density at radius 1 is 1.33 bits per heavy atom. The van der Waals surface area contributed by atoms with Gasteiger partial charge in [0.05, 0.1) is 12.5 Å². The van der Waals surface area contributed by atoms with E-state index < -0.39 is 5.92 Å². The number of Topliss-reactive ketones (excluding diaryl/α,β-unsaturated/α-hetero) is 1. The van der Waals surface area contributed by atoms with Gasteiger partial charge in [0.15, 0.2) is 11.6 Å². The summed E-state index contributed by atoms with van der Waals surface area (Å²) < 4.78 is 5.30. The highest BCUT2D eigenvalue weighted by Crippen LogP contribution is 2.26. The highest BCUT2D eigenvalue weighted by Gasteiger charge is 2.33. The van der Waals surface area contributed by atoms with Crippen LogP contribution in [0.3, 0.4) is 0 Å². The lowest BCUT2D eigenvalue weighted by Crippen LogP contribution is -2.19. The van der Waals surface area contributed by atoms with Gasteiger partial charge in [-0.05, 0) is 13.8 Å². The molecule has 1 aromatic carbocycles. The zero-order valence-corrected chi connectivity index (χ0v) is 10.6. The van der Waals surface area contributed by atoms with Gasteiger partial charge in [-0.1, -0.05) is 29.8 Å². The molecular formula is C15H16O3. The van der Waals surface area contributed by atoms with Crippen molar-refractivity contribution in [2.45, 2.75) is 20.3 Å². The molecule has 3 heteroatoms. The molecule has 1 aliphatic carbocycles. The van der Waals surface area contributed by atoms with Gasteiger partial charge in [-0.25, -0.2) is 0 Å². The Balaban J connectivity index is 2.12. The number of benzene rings is 1. The van der Waals surface area contributed by atoms with Crippen LogP contribution in [0.15, 0.2) is 36.1 Å². The van der Waals surface area contributed by atoms with Gasteiger partial charge in [-0.3, -0.25) is 9.59 Å². The number of hydrogen-bond donors (Lipinski definition) is 0. The van der Waals surface area contributed by atoms with E-state index >= 15 is 0 Å². The molecule has 0 aromatic heterocycles. The van der Waals surface area contributed by atoms with Crippen LogP contribution in [0.25, 0.3) is 0 Å². The maximum Gasteiger partial charge on any atom is 0.174 e. The summed E-state index contributed by atoms with van der Waals surface area (Å²) in [6, 6.07) is 7.29. The zero-order chi connectivity index (χ0) is 13.1. The van der Waals surface area contributed by atoms with Crippen LogP contribution in [0, 0.1) is 12.8 Å². The molecule has 0 amide bonds. The molecule has 0 heterocycles. The lowest BCUT2D eigenvalue weighted by atomic mass is 9.94. The van der Waals surface area contributed by atoms with Crippen LogP contribution >= 0.6 is 0 Å². The minimum absolute atomic E-state index is 0.119. The quantitative estimate of drug-likeness (QED) is 0.604. The first kappa shape index (κ1) is 12.6. The normalized spacial score (nSPS) is 18.7. The van der Waals surface area contributed by atoms with Crippen molar-refractivity contribution < 1.29 is 14.3 Å². The summed E-state index contributed by atoms with van der Waals surface area (Å²) in [6.45, 7) is 4.34. The Morgan fingerprint density at radius 2 is 2.00 bits per heavy atom. The van der Waals surface area contributed by atoms with Crippen molar-refractivity contribution in [3.05, 3.63) is 47.2 Å². The SMILES string of the molecule is CCOC1=CC(=O)C(C(=O)c2ccc(C)cc2)C1. The van der Waals surface area contributed by atoms with E-state index in [-0.39, 0.29) is 11.6 Å². The topological polar surface area (TPSA) is 43.4 Å². The van der Waals surface area contributed by atoms with Gasteiger partial charge in [-0.2, -0.15) is 0 Å². The maximum atomic E-state index is 12.2. The molecule has 3 nitrogen and oxygen atoms in total. The first-order valence-electron chi connectivity index (χ1n) is 6.10. The molecule has 0 saturated carbocycles. The Kier molecular flexibility index (Phi) is 3.60. The van der Waals surface area contributed by atoms with Gasteiger partial charge in [0, 0.05) is 18.1 Å². The van der Waals surface area contributed by atoms with Gasteiger partial charge in [0.1, 0.15) is 5.76 Å². The zero-order valence-electron chi connectivity index (χ0n) is 10.6. The molecule has 0 saturated heterocycles. The molecule has 94 valence electrons. The minimum Gasteiger partial charge on any atom is -0.498 e. The second-order valence-corrected chi connectivity index (χ2v) is 4.43. The summed E-state index contributed by atoms with van der Waals surface area (Å²) in [5.74, 6) is -0.253. The fourth-order valence-electron chi connectivity index (χ4n) is 2.05. The van der Waals surface area contributed by atoms with Crippen LogP contribution in [0.5, 0.6) is 0 Å². The van der Waals surface area contributed by atoms with Gasteiger partial charge < -0.3 is 4.74 Å². The van der Waals surface area contributed by atoms with E-state index in [1.54, 1.807) is 12.1 Å². The highest BCUT2D eigenvalue weighted by molar-refractivity contribution is 6.15. The third kappa shape index (κ3) is 2.50. The second-order valence-electron chi connectivity index (χ2n) is 4.43. The van der Waals surface area contributed by atoms with E-state index in [9.17, 15) is 9.59 Å². The molecule has 2 rings (SSSR count). The van der Waals surface area contributed by atoms with E-state index in [1.807, 2.05) is 26.0 Å². The number of ketones is 2. The molecular weight excluding hydrogens is 228 g/mol. The fourth-order valence-corrected chi connectivity index (χ4v) is 2.05. The predicted octanol–water partition coefficient (Wildman–Crippen LogP) is 2.69. The third-order valence-electron chi connectivity index (χ3n) is 3.03. The van der Waals surface area contributed by atoms with E-state index in [0.29, 0.717) is 24.4 Å². The predicted molar refractivity (Wildman–Crippen MR) is 68.3 cm³/mol. The van der Waals surface area contributed by atoms with Crippen LogP contribution in [-0.4, -0.2) is 18.2 Å². The van der Waals surface area contributed by atoms with Crippen molar-refractivity contribution in [3.8, 4) is 0 Å². The van der Waals surface area contributed by atoms with Crippen molar-refractivity contribution in [1.29, 1.82) is 0 Å². The number of carbonyl (C=O) groups is 2. The summed E-state index contributed by atoms with van der Waals surface area (Å²) in [7, 11) is 0. The van der Waals surface area contributed by atoms with E-state index in [1.165, 1.54) is 6.08 Å². The molecule has 1 atom stereocenters. The third-order valence-corrected chi connectivity index (χ3v) is 3.03. The average Bonchev–Trinajstić information content (AvgIpc) is 2.71. The number of hydrogen-bond acceptors (Lipinski definition) is 3. The second kappa shape index (κ2) is 5.17. The first-order valence-corrected chi connectivity index (χ1v) is 6.10. The van der Waals surface area contributed by atoms with E-state index in [0.717, 1.165) is 5.56 Å². The number of carbonyl (C=O) groups excluding carboxylic acids is 2. The van der Waals surface area contributed by atoms with E-state index in [4.69, 9.17) is 4.74 Å². The molecule has 1 unspecified atom stereocenters. The summed E-state index contributed by atoms with van der Waals surface area (Å²) in [4.78, 5) is 24.0. The monoisotopic (exact) mass is 244 g/mol. The van der Waals surface area contributed by atoms with Crippen molar-refractivity contribution in [2.24, 2.45) is 5.92 Å². The van der Waals surface area contributed by atoms with Crippen molar-refractivity contribution in [1.82, 2.24) is 0 Å². The first-order chi connectivity index (χ1) is 8.61. The molecule has 0 aliphatic heterocycles. The van der Waals surface area contributed by atoms with Crippen molar-refractivity contribution >= 4 is 11.6 Å². The summed E-state index contributed by atoms with van der Waals surface area (Å²) in [5.41, 5.74) is 1.68. The lowest BCUT2D eigenvalue weighted by Gasteiger charge is -2.08. The summed E-state index contributed by atoms with van der Waals surface area (Å²) >= 11 is 0. The number of rotatable bonds is 4. The van der Waals surface area contributed by atoms with Crippen molar-refractivity contribution in [2.75, 3.05) is 6.61 Å². The van der Waals surface area contributed by atoms with Gasteiger partial charge in [0.2, 0.25) is 0 Å². The lowest BCUT2D eigenvalue weighted by molar-refractivity contribution is -0.116. The van der Waals surface area contributed by atoms with Gasteiger partial charge >= 0.3 is 0 Å². The van der Waals surface area contributed by atoms with Gasteiger partial charge in [-0.15, -0.1) is 0 Å². The molecule has 0 bridgehead atoms. The molecule has 1 aliphatic rings. The standard InChI is InChI=1S/C15H16O3/c1-3-18-12-8-13(14(16)9-12)15(17)11-6-4-10(2)5-7-11/h4-7,9,13H,3,8H2,1-2H3. The smallest absolute Gasteiger partial charge is 0.174 e. The summed E-state index contributed by atoms with van der Waals surface area (Å²) in [5, 5.41) is 0. The largest absolute Gasteiger partial charge is 0.498 e. The van der Waals surface area contributed by atoms with Crippen LogP contribution in [0.4, 0.5) is 0 Å². The molecule has 0 spiro atoms. The van der Waals surface area contributed by atoms with Crippen molar-refractivity contribution in [3.63, 3.8) is 0 Å². The van der Waals surface area contributed by atoms with E-state index in [2.05, 4.69) is 0 Å². The maximum absolute atomic E-state index is 12.2. The Morgan fingerprint density at radius 3 is 2.61 bits per heavy atom. The summed E-state index contributed by atoms with van der Waals surface area (Å²) in [6.07, 6.45) is 1.83. The Hall–Kier alpha value is -1.90. The molecule has 0 N–H and O–H groups in total. The number of aryl methyl sites for hydroxylation is 1. The van der Waals surface area contributed by atoms with Crippen LogP contribution < -0.4 is 0 Å². The van der Waals surface area contributed by atoms with Crippen LogP contribution in [-0.2, 0) is 9.53 Å². The van der Waals surface area contributed by atoms with Crippen LogP contribution in [0.2, 0.25) is 0 Å². The molecule has 0 radical (unpaired) electrons. The highest BCUT2D eigenvalue weighted by atomic mass is 16.5. The molecule has 18 heavy (non-hydrogen) atoms. The minimum atomic E-state index is -0.603. The van der Waals surface area contributed by atoms with Gasteiger partial charge in [0.25, 0.3) is 0 Å². The average molecular weight is 244 g/mol. The molecule has 0 fully saturated rings. The molecule has 1 aromatic rings. The Labute approximate surface area is 106 Å². The fraction of sp³-hybridized carbons (Fsp3) is 0.333. The number of allylic oxidation sites excluding steroid dienone is 2. The number of ether oxygens (including phenoxy) is 1.